The summed E-state index contributed by atoms with van der Waals surface area (Å²) in [6.45, 7) is 0. The molecule has 1 aliphatic rings. The van der Waals surface area contributed by atoms with Crippen LogP contribution in [0, 0.1) is 5.92 Å². The van der Waals surface area contributed by atoms with Gasteiger partial charge in [-0.1, -0.05) is 60.7 Å². The highest BCUT2D eigenvalue weighted by molar-refractivity contribution is 5.81. The lowest BCUT2D eigenvalue weighted by Crippen LogP contribution is -2.33. The molecule has 0 heterocycles. The normalized spacial score (nSPS) is 14.3. The smallest absolute Gasteiger partial charge is 0.226 e. The van der Waals surface area contributed by atoms with E-state index in [1.54, 1.807) is 0 Å². The van der Waals surface area contributed by atoms with Crippen LogP contribution in [0.5, 0.6) is 0 Å². The van der Waals surface area contributed by atoms with Crippen molar-refractivity contribution in [2.75, 3.05) is 7.05 Å². The fourth-order valence-corrected chi connectivity index (χ4v) is 2.66. The molecule has 2 aromatic rings. The molecule has 1 fully saturated rings. The molecule has 0 aromatic heterocycles. The fraction of sp³-hybridized carbons (Fsp3) is 0.278. The van der Waals surface area contributed by atoms with E-state index in [9.17, 15) is 4.79 Å². The van der Waals surface area contributed by atoms with Crippen molar-refractivity contribution in [3.63, 3.8) is 0 Å². The largest absolute Gasteiger partial charge is 0.334 e. The minimum atomic E-state index is 0.00509. The molecular formula is C18H19NO. The van der Waals surface area contributed by atoms with Gasteiger partial charge in [0.25, 0.3) is 0 Å². The summed E-state index contributed by atoms with van der Waals surface area (Å²) in [5, 5.41) is 0. The van der Waals surface area contributed by atoms with Gasteiger partial charge in [-0.05, 0) is 24.0 Å². The molecule has 2 aromatic carbocycles. The van der Waals surface area contributed by atoms with E-state index in [4.69, 9.17) is 0 Å². The van der Waals surface area contributed by atoms with Gasteiger partial charge in [-0.3, -0.25) is 4.79 Å². The van der Waals surface area contributed by atoms with Gasteiger partial charge < -0.3 is 4.90 Å². The lowest BCUT2D eigenvalue weighted by Gasteiger charge is -2.29. The first-order valence-corrected chi connectivity index (χ1v) is 7.14. The number of hydrogen-bond acceptors (Lipinski definition) is 1. The van der Waals surface area contributed by atoms with Crippen LogP contribution in [0.15, 0.2) is 60.7 Å². The van der Waals surface area contributed by atoms with Crippen molar-refractivity contribution >= 4 is 5.91 Å². The van der Waals surface area contributed by atoms with Crippen LogP contribution >= 0.6 is 0 Å². The summed E-state index contributed by atoms with van der Waals surface area (Å²) in [6.07, 6.45) is 2.08. The van der Waals surface area contributed by atoms with Crippen molar-refractivity contribution in [2.45, 2.75) is 18.9 Å². The first-order valence-electron chi connectivity index (χ1n) is 7.14. The highest BCUT2D eigenvalue weighted by atomic mass is 16.2. The SMILES string of the molecule is CN(C(=O)C1CC1)C(c1ccccc1)c1ccccc1. The summed E-state index contributed by atoms with van der Waals surface area (Å²) in [5.74, 6) is 0.512. The molecular weight excluding hydrogens is 246 g/mol. The van der Waals surface area contributed by atoms with Crippen LogP contribution in [0.3, 0.4) is 0 Å². The molecule has 20 heavy (non-hydrogen) atoms. The average Bonchev–Trinajstić information content (AvgIpc) is 3.33. The Morgan fingerprint density at radius 3 is 1.80 bits per heavy atom. The van der Waals surface area contributed by atoms with Gasteiger partial charge in [0.05, 0.1) is 6.04 Å². The molecule has 3 rings (SSSR count). The van der Waals surface area contributed by atoms with E-state index in [0.29, 0.717) is 0 Å². The van der Waals surface area contributed by atoms with Crippen LogP contribution in [-0.2, 0) is 4.79 Å². The Morgan fingerprint density at radius 2 is 1.40 bits per heavy atom. The molecule has 0 bridgehead atoms. The van der Waals surface area contributed by atoms with E-state index in [-0.39, 0.29) is 17.9 Å². The summed E-state index contributed by atoms with van der Waals surface area (Å²) in [4.78, 5) is 14.3. The van der Waals surface area contributed by atoms with E-state index in [1.165, 1.54) is 0 Å². The lowest BCUT2D eigenvalue weighted by molar-refractivity contribution is -0.132. The predicted octanol–water partition coefficient (Wildman–Crippen LogP) is 3.64. The summed E-state index contributed by atoms with van der Waals surface area (Å²) in [5.41, 5.74) is 2.32. The maximum atomic E-state index is 12.4. The van der Waals surface area contributed by atoms with Crippen LogP contribution < -0.4 is 0 Å². The molecule has 0 radical (unpaired) electrons. The van der Waals surface area contributed by atoms with E-state index in [0.717, 1.165) is 24.0 Å². The molecule has 2 heteroatoms. The Bertz CT molecular complexity index is 535. The van der Waals surface area contributed by atoms with Crippen molar-refractivity contribution < 1.29 is 4.79 Å². The second-order valence-corrected chi connectivity index (χ2v) is 5.45. The lowest BCUT2D eigenvalue weighted by atomic mass is 9.97. The second-order valence-electron chi connectivity index (χ2n) is 5.45. The summed E-state index contributed by atoms with van der Waals surface area (Å²) >= 11 is 0. The van der Waals surface area contributed by atoms with Crippen molar-refractivity contribution in [1.29, 1.82) is 0 Å². The Morgan fingerprint density at radius 1 is 0.950 bits per heavy atom. The van der Waals surface area contributed by atoms with E-state index >= 15 is 0 Å². The monoisotopic (exact) mass is 265 g/mol. The van der Waals surface area contributed by atoms with Gasteiger partial charge in [-0.25, -0.2) is 0 Å². The number of hydrogen-bond donors (Lipinski definition) is 0. The zero-order chi connectivity index (χ0) is 13.9. The quantitative estimate of drug-likeness (QED) is 0.826. The van der Waals surface area contributed by atoms with Gasteiger partial charge in [-0.2, -0.15) is 0 Å². The molecule has 2 nitrogen and oxygen atoms in total. The molecule has 1 aliphatic carbocycles. The number of carbonyl (C=O) groups is 1. The fourth-order valence-electron chi connectivity index (χ4n) is 2.66. The number of carbonyl (C=O) groups excluding carboxylic acids is 1. The van der Waals surface area contributed by atoms with Gasteiger partial charge in [0, 0.05) is 13.0 Å². The van der Waals surface area contributed by atoms with Crippen LogP contribution in [0.1, 0.15) is 30.0 Å². The Kier molecular flexibility index (Phi) is 3.55. The number of amides is 1. The van der Waals surface area contributed by atoms with E-state index in [2.05, 4.69) is 24.3 Å². The number of rotatable bonds is 4. The molecule has 1 amide bonds. The molecule has 0 saturated heterocycles. The van der Waals surface area contributed by atoms with E-state index < -0.39 is 0 Å². The van der Waals surface area contributed by atoms with Crippen LogP contribution in [0.4, 0.5) is 0 Å². The van der Waals surface area contributed by atoms with Crippen molar-refractivity contribution in [2.24, 2.45) is 5.92 Å². The standard InChI is InChI=1S/C18H19NO/c1-19(18(20)16-12-13-16)17(14-8-4-2-5-9-14)15-10-6-3-7-11-15/h2-11,16-17H,12-13H2,1H3. The highest BCUT2D eigenvalue weighted by Crippen LogP contribution is 2.35. The highest BCUT2D eigenvalue weighted by Gasteiger charge is 2.35. The Balaban J connectivity index is 1.97. The number of benzene rings is 2. The third-order valence-electron chi connectivity index (χ3n) is 3.89. The minimum Gasteiger partial charge on any atom is -0.334 e. The van der Waals surface area contributed by atoms with Crippen molar-refractivity contribution in [3.8, 4) is 0 Å². The number of nitrogens with zero attached hydrogens (tertiary/aromatic N) is 1. The first-order chi connectivity index (χ1) is 9.77. The first kappa shape index (κ1) is 12.9. The zero-order valence-corrected chi connectivity index (χ0v) is 11.7. The molecule has 0 aliphatic heterocycles. The summed E-state index contributed by atoms with van der Waals surface area (Å²) in [7, 11) is 1.92. The molecule has 0 atom stereocenters. The van der Waals surface area contributed by atoms with Crippen molar-refractivity contribution in [3.05, 3.63) is 71.8 Å². The van der Waals surface area contributed by atoms with Gasteiger partial charge in [0.15, 0.2) is 0 Å². The zero-order valence-electron chi connectivity index (χ0n) is 11.7. The molecule has 1 saturated carbocycles. The van der Waals surface area contributed by atoms with E-state index in [1.807, 2.05) is 48.3 Å². The second kappa shape index (κ2) is 5.49. The Hall–Kier alpha value is -2.09. The molecule has 0 N–H and O–H groups in total. The third-order valence-corrected chi connectivity index (χ3v) is 3.89. The molecule has 102 valence electrons. The van der Waals surface area contributed by atoms with Gasteiger partial charge in [0.2, 0.25) is 5.91 Å². The molecule has 0 spiro atoms. The van der Waals surface area contributed by atoms with Crippen LogP contribution in [-0.4, -0.2) is 17.9 Å². The minimum absolute atomic E-state index is 0.00509. The summed E-state index contributed by atoms with van der Waals surface area (Å²) in [6, 6.07) is 20.5. The van der Waals surface area contributed by atoms with Crippen LogP contribution in [0.2, 0.25) is 0 Å². The third kappa shape index (κ3) is 2.60. The maximum Gasteiger partial charge on any atom is 0.226 e. The Labute approximate surface area is 120 Å². The molecule has 0 unspecified atom stereocenters. The van der Waals surface area contributed by atoms with Gasteiger partial charge in [0.1, 0.15) is 0 Å². The average molecular weight is 265 g/mol. The topological polar surface area (TPSA) is 20.3 Å². The van der Waals surface area contributed by atoms with Gasteiger partial charge >= 0.3 is 0 Å². The maximum absolute atomic E-state index is 12.4. The van der Waals surface area contributed by atoms with Crippen molar-refractivity contribution in [1.82, 2.24) is 4.90 Å². The van der Waals surface area contributed by atoms with Gasteiger partial charge in [-0.15, -0.1) is 0 Å². The summed E-state index contributed by atoms with van der Waals surface area (Å²) < 4.78 is 0. The van der Waals surface area contributed by atoms with Crippen LogP contribution in [0.25, 0.3) is 0 Å². The predicted molar refractivity (Wildman–Crippen MR) is 80.2 cm³/mol.